The molecule has 4 aliphatic rings. The Morgan fingerprint density at radius 3 is 2.94 bits per heavy atom. The largest absolute Gasteiger partial charge is 0.459 e. The Bertz CT molecular complexity index is 468. The van der Waals surface area contributed by atoms with Crippen molar-refractivity contribution in [2.45, 2.75) is 57.3 Å². The monoisotopic (exact) mass is 248 g/mol. The molecule has 0 aromatic rings. The number of esters is 1. The second-order valence-electron chi connectivity index (χ2n) is 6.82. The van der Waals surface area contributed by atoms with E-state index in [2.05, 4.69) is 19.9 Å². The maximum absolute atomic E-state index is 11.8. The van der Waals surface area contributed by atoms with Crippen molar-refractivity contribution in [1.29, 1.82) is 0 Å². The Morgan fingerprint density at radius 2 is 2.17 bits per heavy atom. The maximum atomic E-state index is 11.8. The summed E-state index contributed by atoms with van der Waals surface area (Å²) in [5.41, 5.74) is 1.05. The van der Waals surface area contributed by atoms with E-state index < -0.39 is 0 Å². The van der Waals surface area contributed by atoms with Crippen LogP contribution in [0, 0.1) is 17.8 Å². The summed E-state index contributed by atoms with van der Waals surface area (Å²) in [7, 11) is 0. The third-order valence-electron chi connectivity index (χ3n) is 5.99. The van der Waals surface area contributed by atoms with Crippen LogP contribution in [0.15, 0.2) is 11.6 Å². The van der Waals surface area contributed by atoms with Crippen molar-refractivity contribution < 1.29 is 14.3 Å². The second kappa shape index (κ2) is 3.01. The molecule has 3 fully saturated rings. The fraction of sp³-hybridized carbons (Fsp3) is 0.800. The third-order valence-corrected chi connectivity index (χ3v) is 5.99. The first-order valence-electron chi connectivity index (χ1n) is 7.04. The summed E-state index contributed by atoms with van der Waals surface area (Å²) in [5.74, 6) is 0.990. The first-order chi connectivity index (χ1) is 8.46. The van der Waals surface area contributed by atoms with Gasteiger partial charge < -0.3 is 9.47 Å². The van der Waals surface area contributed by atoms with Gasteiger partial charge in [-0.15, -0.1) is 0 Å². The molecule has 6 atom stereocenters. The van der Waals surface area contributed by atoms with Crippen LogP contribution in [-0.4, -0.2) is 23.3 Å². The maximum Gasteiger partial charge on any atom is 0.312 e. The van der Waals surface area contributed by atoms with Crippen LogP contribution in [0.4, 0.5) is 0 Å². The van der Waals surface area contributed by atoms with E-state index >= 15 is 0 Å². The van der Waals surface area contributed by atoms with Gasteiger partial charge in [0.1, 0.15) is 11.7 Å². The van der Waals surface area contributed by atoms with Crippen molar-refractivity contribution in [3.8, 4) is 0 Å². The van der Waals surface area contributed by atoms with E-state index in [0.29, 0.717) is 11.8 Å². The van der Waals surface area contributed by atoms with Gasteiger partial charge in [0.15, 0.2) is 0 Å². The standard InChI is InChI=1S/C15H20O3/c1-8-4-5-11-10(8)6-15-9(2)13(16)17-12(15)7-14(11,3)18-15/h4,9-12H,5-7H2,1-3H3/t9-,10+,11-,12+,14-,15+/m1/s1. The van der Waals surface area contributed by atoms with E-state index in [4.69, 9.17) is 9.47 Å². The van der Waals surface area contributed by atoms with E-state index in [9.17, 15) is 4.79 Å². The van der Waals surface area contributed by atoms with Crippen molar-refractivity contribution in [3.63, 3.8) is 0 Å². The molecule has 0 amide bonds. The molecule has 18 heavy (non-hydrogen) atoms. The van der Waals surface area contributed by atoms with E-state index in [1.54, 1.807) is 0 Å². The number of fused-ring (bicyclic) bond motifs is 3. The van der Waals surface area contributed by atoms with E-state index in [0.717, 1.165) is 19.3 Å². The number of hydrogen-bond acceptors (Lipinski definition) is 3. The number of hydrogen-bond donors (Lipinski definition) is 0. The molecule has 4 rings (SSSR count). The minimum absolute atomic E-state index is 0.0107. The summed E-state index contributed by atoms with van der Waals surface area (Å²) < 4.78 is 12.0. The van der Waals surface area contributed by atoms with Gasteiger partial charge in [0.25, 0.3) is 0 Å². The Kier molecular flexibility index (Phi) is 1.84. The van der Waals surface area contributed by atoms with E-state index in [-0.39, 0.29) is 29.2 Å². The summed E-state index contributed by atoms with van der Waals surface area (Å²) in [5, 5.41) is 0. The molecule has 3 heteroatoms. The highest BCUT2D eigenvalue weighted by Gasteiger charge is 2.70. The molecule has 3 heterocycles. The number of carbonyl (C=O) groups excluding carboxylic acids is 1. The fourth-order valence-electron chi connectivity index (χ4n) is 4.88. The zero-order valence-electron chi connectivity index (χ0n) is 11.2. The third kappa shape index (κ3) is 1.04. The van der Waals surface area contributed by atoms with Crippen molar-refractivity contribution in [3.05, 3.63) is 11.6 Å². The van der Waals surface area contributed by atoms with Gasteiger partial charge in [-0.05, 0) is 45.4 Å². The fourth-order valence-corrected chi connectivity index (χ4v) is 4.88. The summed E-state index contributed by atoms with van der Waals surface area (Å²) in [6, 6.07) is 0. The lowest BCUT2D eigenvalue weighted by molar-refractivity contribution is -0.188. The molecule has 3 nitrogen and oxygen atoms in total. The minimum atomic E-state index is -0.341. The Morgan fingerprint density at radius 1 is 1.39 bits per heavy atom. The number of allylic oxidation sites excluding steroid dienone is 2. The molecule has 0 aromatic heterocycles. The topological polar surface area (TPSA) is 35.5 Å². The number of ether oxygens (including phenoxy) is 2. The molecule has 3 saturated heterocycles. The van der Waals surface area contributed by atoms with Crippen LogP contribution in [0.1, 0.15) is 40.0 Å². The highest BCUT2D eigenvalue weighted by atomic mass is 16.6. The molecule has 0 unspecified atom stereocenters. The molecule has 2 bridgehead atoms. The normalized spacial score (nSPS) is 57.1. The predicted molar refractivity (Wildman–Crippen MR) is 65.9 cm³/mol. The van der Waals surface area contributed by atoms with Crippen LogP contribution in [0.5, 0.6) is 0 Å². The first-order valence-corrected chi connectivity index (χ1v) is 7.04. The van der Waals surface area contributed by atoms with Crippen molar-refractivity contribution >= 4 is 5.97 Å². The van der Waals surface area contributed by atoms with Gasteiger partial charge in [0.05, 0.1) is 11.5 Å². The summed E-state index contributed by atoms with van der Waals surface area (Å²) in [6.45, 7) is 6.42. The average molecular weight is 248 g/mol. The van der Waals surface area contributed by atoms with Gasteiger partial charge in [0.2, 0.25) is 0 Å². The smallest absolute Gasteiger partial charge is 0.312 e. The summed E-state index contributed by atoms with van der Waals surface area (Å²) in [4.78, 5) is 11.8. The molecular formula is C15H20O3. The molecule has 0 radical (unpaired) electrons. The van der Waals surface area contributed by atoms with Gasteiger partial charge in [0, 0.05) is 6.42 Å². The lowest BCUT2D eigenvalue weighted by Gasteiger charge is -2.46. The van der Waals surface area contributed by atoms with Crippen molar-refractivity contribution in [1.82, 2.24) is 0 Å². The predicted octanol–water partition coefficient (Wildman–Crippen LogP) is 2.45. The molecule has 1 spiro atoms. The minimum Gasteiger partial charge on any atom is -0.459 e. The molecule has 0 N–H and O–H groups in total. The van der Waals surface area contributed by atoms with Crippen LogP contribution in [-0.2, 0) is 14.3 Å². The van der Waals surface area contributed by atoms with Gasteiger partial charge >= 0.3 is 5.97 Å². The van der Waals surface area contributed by atoms with Crippen molar-refractivity contribution in [2.24, 2.45) is 17.8 Å². The van der Waals surface area contributed by atoms with Crippen molar-refractivity contribution in [2.75, 3.05) is 0 Å². The highest BCUT2D eigenvalue weighted by Crippen LogP contribution is 2.62. The van der Waals surface area contributed by atoms with Gasteiger partial charge in [-0.25, -0.2) is 0 Å². The molecule has 1 aliphatic carbocycles. The van der Waals surface area contributed by atoms with E-state index in [1.807, 2.05) is 6.92 Å². The molecule has 98 valence electrons. The number of rotatable bonds is 0. The second-order valence-corrected chi connectivity index (χ2v) is 6.82. The zero-order chi connectivity index (χ0) is 12.7. The Labute approximate surface area is 108 Å². The summed E-state index contributed by atoms with van der Waals surface area (Å²) >= 11 is 0. The Balaban J connectivity index is 1.80. The van der Waals surface area contributed by atoms with Gasteiger partial charge in [-0.3, -0.25) is 4.79 Å². The van der Waals surface area contributed by atoms with Gasteiger partial charge in [-0.2, -0.15) is 0 Å². The Hall–Kier alpha value is -0.830. The van der Waals surface area contributed by atoms with Crippen LogP contribution < -0.4 is 0 Å². The first kappa shape index (κ1) is 11.0. The lowest BCUT2D eigenvalue weighted by atomic mass is 9.72. The molecule has 0 saturated carbocycles. The SMILES string of the molecule is CC1=CC[C@@H]2[C@H]1C[C@@]13O[C@]2(C)C[C@@H]1OC(=O)[C@H]3C. The average Bonchev–Trinajstić information content (AvgIpc) is 2.85. The van der Waals surface area contributed by atoms with Crippen LogP contribution in [0.3, 0.4) is 0 Å². The van der Waals surface area contributed by atoms with Crippen LogP contribution in [0.25, 0.3) is 0 Å². The van der Waals surface area contributed by atoms with E-state index in [1.165, 1.54) is 5.57 Å². The highest BCUT2D eigenvalue weighted by molar-refractivity contribution is 5.77. The molecular weight excluding hydrogens is 228 g/mol. The van der Waals surface area contributed by atoms with Crippen LogP contribution >= 0.6 is 0 Å². The molecule has 0 aromatic carbocycles. The molecule has 3 aliphatic heterocycles. The summed E-state index contributed by atoms with van der Waals surface area (Å²) in [6.07, 6.45) is 5.32. The quantitative estimate of drug-likeness (QED) is 0.488. The zero-order valence-corrected chi connectivity index (χ0v) is 11.2. The number of carbonyl (C=O) groups is 1. The van der Waals surface area contributed by atoms with Gasteiger partial charge in [-0.1, -0.05) is 11.6 Å². The lowest BCUT2D eigenvalue weighted by Crippen LogP contribution is -2.52. The van der Waals surface area contributed by atoms with Crippen LogP contribution in [0.2, 0.25) is 0 Å².